The summed E-state index contributed by atoms with van der Waals surface area (Å²) in [5.74, 6) is 0. The van der Waals surface area contributed by atoms with Gasteiger partial charge in [-0.15, -0.1) is 0 Å². The third-order valence-corrected chi connectivity index (χ3v) is 12.9. The molecule has 9 aromatic carbocycles. The normalized spacial score (nSPS) is 12.6. The average molecular weight is 789 g/mol. The molecule has 0 spiro atoms. The first-order chi connectivity index (χ1) is 30.8. The van der Waals surface area contributed by atoms with Crippen LogP contribution in [0.3, 0.4) is 0 Å². The number of benzene rings is 9. The van der Waals surface area contributed by atoms with E-state index in [0.29, 0.717) is 0 Å². The van der Waals surface area contributed by atoms with Crippen molar-refractivity contribution in [2.45, 2.75) is 5.41 Å². The van der Waals surface area contributed by atoms with Crippen LogP contribution in [0.15, 0.2) is 243 Å². The van der Waals surface area contributed by atoms with E-state index in [2.05, 4.69) is 247 Å². The molecule has 0 fully saturated rings. The van der Waals surface area contributed by atoms with Crippen LogP contribution in [0.1, 0.15) is 22.3 Å². The van der Waals surface area contributed by atoms with Crippen molar-refractivity contribution in [1.29, 1.82) is 0 Å². The van der Waals surface area contributed by atoms with Crippen LogP contribution in [0, 0.1) is 0 Å². The molecule has 2 heterocycles. The zero-order valence-corrected chi connectivity index (χ0v) is 34.0. The van der Waals surface area contributed by atoms with Gasteiger partial charge in [0.1, 0.15) is 0 Å². The second kappa shape index (κ2) is 14.6. The summed E-state index contributed by atoms with van der Waals surface area (Å²) in [5.41, 5.74) is 19.0. The minimum atomic E-state index is -0.556. The highest BCUT2D eigenvalue weighted by atomic mass is 15.0. The molecule has 0 unspecified atom stereocenters. The number of aromatic nitrogens is 2. The fraction of sp³-hybridized carbons (Fsp3) is 0.0167. The van der Waals surface area contributed by atoms with Crippen LogP contribution < -0.4 is 0 Å². The molecule has 2 heteroatoms. The fourth-order valence-corrected chi connectivity index (χ4v) is 10.2. The summed E-state index contributed by atoms with van der Waals surface area (Å²) in [5, 5.41) is 2.46. The minimum Gasteiger partial charge on any atom is -0.309 e. The molecule has 2 aromatic heterocycles. The van der Waals surface area contributed by atoms with Crippen LogP contribution in [0.2, 0.25) is 0 Å². The molecule has 0 atom stereocenters. The molecule has 12 rings (SSSR count). The fourth-order valence-electron chi connectivity index (χ4n) is 10.2. The topological polar surface area (TPSA) is 17.8 Å². The molecule has 11 aromatic rings. The first-order valence-electron chi connectivity index (χ1n) is 21.4. The summed E-state index contributed by atoms with van der Waals surface area (Å²) >= 11 is 0. The molecule has 0 aliphatic heterocycles. The van der Waals surface area contributed by atoms with E-state index in [1.165, 1.54) is 49.7 Å². The highest BCUT2D eigenvalue weighted by Crippen LogP contribution is 2.58. The largest absolute Gasteiger partial charge is 0.309 e. The quantitative estimate of drug-likeness (QED) is 0.157. The molecule has 0 N–H and O–H groups in total. The lowest BCUT2D eigenvalue weighted by Crippen LogP contribution is -2.28. The highest BCUT2D eigenvalue weighted by Gasteiger charge is 2.46. The maximum atomic E-state index is 5.58. The van der Waals surface area contributed by atoms with Crippen LogP contribution in [0.4, 0.5) is 0 Å². The molecular weight excluding hydrogens is 749 g/mol. The van der Waals surface area contributed by atoms with E-state index in [4.69, 9.17) is 4.98 Å². The SMILES string of the molecule is c1ccc(-c2cc(-c3ccccc3)nc(-c3cc4c(cc3-c3ccc5c6ccccc6n(-c6ccccc6)c5c3)C(c3ccccc3)(c3ccccc3)c3ccccc3-4)c2)cc1. The van der Waals surface area contributed by atoms with E-state index < -0.39 is 5.41 Å². The van der Waals surface area contributed by atoms with E-state index in [-0.39, 0.29) is 0 Å². The van der Waals surface area contributed by atoms with Gasteiger partial charge in [0, 0.05) is 27.6 Å². The number of para-hydroxylation sites is 2. The van der Waals surface area contributed by atoms with Crippen LogP contribution >= 0.6 is 0 Å². The van der Waals surface area contributed by atoms with Gasteiger partial charge in [-0.25, -0.2) is 4.98 Å². The molecule has 0 amide bonds. The van der Waals surface area contributed by atoms with E-state index in [1.807, 2.05) is 0 Å². The summed E-state index contributed by atoms with van der Waals surface area (Å²) in [6, 6.07) is 88.4. The van der Waals surface area contributed by atoms with Crippen LogP contribution in [-0.4, -0.2) is 9.55 Å². The molecule has 0 saturated heterocycles. The number of rotatable bonds is 7. The van der Waals surface area contributed by atoms with Gasteiger partial charge in [-0.05, 0) is 104 Å². The maximum absolute atomic E-state index is 5.58. The number of fused-ring (bicyclic) bond motifs is 6. The van der Waals surface area contributed by atoms with Crippen molar-refractivity contribution in [3.63, 3.8) is 0 Å². The van der Waals surface area contributed by atoms with E-state index in [9.17, 15) is 0 Å². The van der Waals surface area contributed by atoms with Gasteiger partial charge in [-0.3, -0.25) is 0 Å². The Hall–Kier alpha value is -8.07. The summed E-state index contributed by atoms with van der Waals surface area (Å²) in [6.45, 7) is 0. The first-order valence-corrected chi connectivity index (χ1v) is 21.4. The Labute approximate surface area is 361 Å². The summed E-state index contributed by atoms with van der Waals surface area (Å²) in [6.07, 6.45) is 0. The summed E-state index contributed by atoms with van der Waals surface area (Å²) < 4.78 is 2.41. The van der Waals surface area contributed by atoms with Gasteiger partial charge in [0.05, 0.1) is 27.8 Å². The van der Waals surface area contributed by atoms with Crippen LogP contribution in [0.25, 0.3) is 83.4 Å². The van der Waals surface area contributed by atoms with E-state index in [0.717, 1.165) is 56.0 Å². The van der Waals surface area contributed by atoms with Gasteiger partial charge < -0.3 is 4.57 Å². The molecule has 1 aliphatic rings. The van der Waals surface area contributed by atoms with Crippen molar-refractivity contribution in [2.24, 2.45) is 0 Å². The second-order valence-electron chi connectivity index (χ2n) is 16.2. The average Bonchev–Trinajstić information content (AvgIpc) is 3.85. The first kappa shape index (κ1) is 35.8. The predicted octanol–water partition coefficient (Wildman–Crippen LogP) is 15.2. The zero-order chi connectivity index (χ0) is 41.0. The van der Waals surface area contributed by atoms with Gasteiger partial charge in [0.15, 0.2) is 0 Å². The standard InChI is InChI=1S/C60H40N2/c1-6-20-41(21-7-1)44-36-56(42-22-8-2-9-23-42)61-57(37-44)53-39-52-48-30-16-18-32-54(48)60(45-24-10-3-11-25-45,46-26-12-4-13-27-46)55(52)40-51(53)43-34-35-50-49-31-17-19-33-58(49)62(59(50)38-43)47-28-14-5-15-29-47/h1-40H. The lowest BCUT2D eigenvalue weighted by molar-refractivity contribution is 0.769. The van der Waals surface area contributed by atoms with Crippen molar-refractivity contribution < 1.29 is 0 Å². The van der Waals surface area contributed by atoms with Crippen molar-refractivity contribution in [2.75, 3.05) is 0 Å². The minimum absolute atomic E-state index is 0.556. The van der Waals surface area contributed by atoms with Gasteiger partial charge >= 0.3 is 0 Å². The third-order valence-electron chi connectivity index (χ3n) is 12.9. The number of hydrogen-bond acceptors (Lipinski definition) is 1. The number of pyridine rings is 1. The van der Waals surface area contributed by atoms with Crippen molar-refractivity contribution in [1.82, 2.24) is 9.55 Å². The van der Waals surface area contributed by atoms with Crippen molar-refractivity contribution >= 4 is 21.8 Å². The lowest BCUT2D eigenvalue weighted by atomic mass is 9.67. The van der Waals surface area contributed by atoms with E-state index >= 15 is 0 Å². The smallest absolute Gasteiger partial charge is 0.0722 e. The third kappa shape index (κ3) is 5.61. The molecular formula is C60H40N2. The summed E-state index contributed by atoms with van der Waals surface area (Å²) in [4.78, 5) is 5.58. The Morgan fingerprint density at radius 3 is 1.58 bits per heavy atom. The van der Waals surface area contributed by atoms with Gasteiger partial charge in [-0.1, -0.05) is 194 Å². The predicted molar refractivity (Wildman–Crippen MR) is 258 cm³/mol. The molecule has 0 bridgehead atoms. The molecule has 0 radical (unpaired) electrons. The number of nitrogens with zero attached hydrogens (tertiary/aromatic N) is 2. The monoisotopic (exact) mass is 788 g/mol. The Morgan fingerprint density at radius 1 is 0.306 bits per heavy atom. The van der Waals surface area contributed by atoms with Crippen molar-refractivity contribution in [3.05, 3.63) is 265 Å². The Kier molecular flexibility index (Phi) is 8.43. The lowest BCUT2D eigenvalue weighted by Gasteiger charge is -2.34. The van der Waals surface area contributed by atoms with Crippen molar-refractivity contribution in [3.8, 4) is 61.6 Å². The van der Waals surface area contributed by atoms with Crippen LogP contribution in [-0.2, 0) is 5.41 Å². The zero-order valence-electron chi connectivity index (χ0n) is 34.0. The molecule has 0 saturated carbocycles. The van der Waals surface area contributed by atoms with E-state index in [1.54, 1.807) is 0 Å². The Balaban J connectivity index is 1.21. The number of hydrogen-bond donors (Lipinski definition) is 0. The maximum Gasteiger partial charge on any atom is 0.0722 e. The highest BCUT2D eigenvalue weighted by molar-refractivity contribution is 6.10. The van der Waals surface area contributed by atoms with Gasteiger partial charge in [0.2, 0.25) is 0 Å². The van der Waals surface area contributed by atoms with Gasteiger partial charge in [-0.2, -0.15) is 0 Å². The second-order valence-corrected chi connectivity index (χ2v) is 16.2. The Morgan fingerprint density at radius 2 is 0.871 bits per heavy atom. The molecule has 1 aliphatic carbocycles. The molecule has 62 heavy (non-hydrogen) atoms. The van der Waals surface area contributed by atoms with Gasteiger partial charge in [0.25, 0.3) is 0 Å². The van der Waals surface area contributed by atoms with Crippen LogP contribution in [0.5, 0.6) is 0 Å². The molecule has 2 nitrogen and oxygen atoms in total. The summed E-state index contributed by atoms with van der Waals surface area (Å²) in [7, 11) is 0. The Bertz CT molecular complexity index is 3330. The molecule has 290 valence electrons.